The van der Waals surface area contributed by atoms with Gasteiger partial charge in [0.25, 0.3) is 5.91 Å². The van der Waals surface area contributed by atoms with E-state index >= 15 is 0 Å². The van der Waals surface area contributed by atoms with Crippen LogP contribution in [0, 0.1) is 17.1 Å². The Hall–Kier alpha value is -3.04. The Labute approximate surface area is 163 Å². The average Bonchev–Trinajstić information content (AvgIpc) is 3.03. The number of para-hydroxylation sites is 1. The van der Waals surface area contributed by atoms with Gasteiger partial charge < -0.3 is 0 Å². The second-order valence-electron chi connectivity index (χ2n) is 7.33. The number of amides is 2. The first kappa shape index (κ1) is 18.3. The molecule has 0 bridgehead atoms. The van der Waals surface area contributed by atoms with E-state index in [2.05, 4.69) is 6.07 Å². The van der Waals surface area contributed by atoms with Crippen LogP contribution in [-0.4, -0.2) is 35.8 Å². The summed E-state index contributed by atoms with van der Waals surface area (Å²) in [6, 6.07) is 17.4. The predicted octanol–water partition coefficient (Wildman–Crippen LogP) is 3.01. The Morgan fingerprint density at radius 2 is 1.64 bits per heavy atom. The third-order valence-corrected chi connectivity index (χ3v) is 5.85. The molecule has 2 aliphatic heterocycles. The number of carbonyl (C=O) groups is 2. The number of piperidine rings is 1. The minimum absolute atomic E-state index is 0.00710. The van der Waals surface area contributed by atoms with E-state index in [1.165, 1.54) is 18.2 Å². The molecule has 2 amide bonds. The summed E-state index contributed by atoms with van der Waals surface area (Å²) < 4.78 is 14.1. The van der Waals surface area contributed by atoms with E-state index in [-0.39, 0.29) is 23.9 Å². The number of hydrogen-bond acceptors (Lipinski definition) is 4. The molecular formula is C22H20FN3O2. The molecule has 0 aliphatic carbocycles. The zero-order valence-corrected chi connectivity index (χ0v) is 15.3. The largest absolute Gasteiger partial charge is 0.291 e. The third kappa shape index (κ3) is 2.98. The molecule has 2 fully saturated rings. The van der Waals surface area contributed by atoms with Crippen molar-refractivity contribution in [1.29, 1.82) is 5.26 Å². The highest BCUT2D eigenvalue weighted by molar-refractivity contribution is 6.22. The number of nitrogens with zero attached hydrogens (tertiary/aromatic N) is 3. The van der Waals surface area contributed by atoms with Crippen LogP contribution < -0.4 is 4.90 Å². The summed E-state index contributed by atoms with van der Waals surface area (Å²) in [5.41, 5.74) is 0.417. The summed E-state index contributed by atoms with van der Waals surface area (Å²) in [6.45, 7) is 1.08. The molecule has 2 aromatic rings. The van der Waals surface area contributed by atoms with Crippen molar-refractivity contribution in [2.24, 2.45) is 0 Å². The van der Waals surface area contributed by atoms with Gasteiger partial charge in [0.05, 0.1) is 29.6 Å². The maximum absolute atomic E-state index is 14.1. The molecule has 28 heavy (non-hydrogen) atoms. The number of rotatable bonds is 3. The van der Waals surface area contributed by atoms with Gasteiger partial charge in [-0.1, -0.05) is 42.5 Å². The summed E-state index contributed by atoms with van der Waals surface area (Å²) in [5, 5.41) is 9.82. The lowest BCUT2D eigenvalue weighted by molar-refractivity contribution is -0.123. The molecule has 0 saturated carbocycles. The first-order chi connectivity index (χ1) is 13.6. The van der Waals surface area contributed by atoms with Crippen molar-refractivity contribution in [1.82, 2.24) is 4.90 Å². The van der Waals surface area contributed by atoms with Gasteiger partial charge in [0, 0.05) is 13.1 Å². The third-order valence-electron chi connectivity index (χ3n) is 5.85. The monoisotopic (exact) mass is 377 g/mol. The van der Waals surface area contributed by atoms with E-state index < -0.39 is 17.3 Å². The van der Waals surface area contributed by atoms with E-state index in [1.807, 2.05) is 35.2 Å². The number of nitriles is 1. The quantitative estimate of drug-likeness (QED) is 0.772. The van der Waals surface area contributed by atoms with Crippen molar-refractivity contribution >= 4 is 17.5 Å². The van der Waals surface area contributed by atoms with Crippen LogP contribution in [0.5, 0.6) is 0 Å². The van der Waals surface area contributed by atoms with Gasteiger partial charge in [-0.2, -0.15) is 5.26 Å². The Morgan fingerprint density at radius 1 is 1.00 bits per heavy atom. The summed E-state index contributed by atoms with van der Waals surface area (Å²) in [7, 11) is 0. The molecule has 2 aliphatic rings. The van der Waals surface area contributed by atoms with Crippen molar-refractivity contribution in [3.8, 4) is 6.07 Å². The van der Waals surface area contributed by atoms with Gasteiger partial charge in [-0.25, -0.2) is 9.29 Å². The fraction of sp³-hybridized carbons (Fsp3) is 0.318. The fourth-order valence-electron chi connectivity index (χ4n) is 4.23. The van der Waals surface area contributed by atoms with Gasteiger partial charge in [0.1, 0.15) is 5.82 Å². The molecule has 142 valence electrons. The van der Waals surface area contributed by atoms with Crippen LogP contribution in [0.2, 0.25) is 0 Å². The highest BCUT2D eigenvalue weighted by Gasteiger charge is 2.46. The fourth-order valence-corrected chi connectivity index (χ4v) is 4.23. The first-order valence-electron chi connectivity index (χ1n) is 9.38. The molecule has 2 saturated heterocycles. The van der Waals surface area contributed by atoms with Gasteiger partial charge in [-0.15, -0.1) is 0 Å². The minimum atomic E-state index is -0.598. The molecule has 0 radical (unpaired) electrons. The standard InChI is InChI=1S/C22H20FN3O2/c23-17-8-4-5-9-18(17)26-20(27)14-19(21(26)28)25-12-10-22(15-24,11-13-25)16-6-2-1-3-7-16/h1-9,19H,10-14H2/t19-/m0/s1. The van der Waals surface area contributed by atoms with E-state index in [9.17, 15) is 19.2 Å². The van der Waals surface area contributed by atoms with Crippen molar-refractivity contribution in [3.63, 3.8) is 0 Å². The van der Waals surface area contributed by atoms with E-state index in [0.717, 1.165) is 10.5 Å². The summed E-state index contributed by atoms with van der Waals surface area (Å²) in [4.78, 5) is 28.3. The maximum atomic E-state index is 14.1. The van der Waals surface area contributed by atoms with Gasteiger partial charge >= 0.3 is 0 Å². The maximum Gasteiger partial charge on any atom is 0.251 e. The zero-order valence-electron chi connectivity index (χ0n) is 15.3. The van der Waals surface area contributed by atoms with Crippen LogP contribution in [0.3, 0.4) is 0 Å². The molecule has 0 aromatic heterocycles. The van der Waals surface area contributed by atoms with Crippen LogP contribution in [0.4, 0.5) is 10.1 Å². The smallest absolute Gasteiger partial charge is 0.251 e. The van der Waals surface area contributed by atoms with Crippen molar-refractivity contribution in [2.45, 2.75) is 30.7 Å². The molecule has 2 aromatic carbocycles. The summed E-state index contributed by atoms with van der Waals surface area (Å²) in [6.07, 6.45) is 1.22. The van der Waals surface area contributed by atoms with Crippen molar-refractivity contribution < 1.29 is 14.0 Å². The number of benzene rings is 2. The number of likely N-dealkylation sites (tertiary alicyclic amines) is 1. The molecule has 0 N–H and O–H groups in total. The van der Waals surface area contributed by atoms with E-state index in [0.29, 0.717) is 25.9 Å². The number of hydrogen-bond donors (Lipinski definition) is 0. The molecule has 4 rings (SSSR count). The molecule has 0 spiro atoms. The number of imide groups is 1. The van der Waals surface area contributed by atoms with Crippen molar-refractivity contribution in [3.05, 3.63) is 66.0 Å². The average molecular weight is 377 g/mol. The Bertz CT molecular complexity index is 946. The summed E-state index contributed by atoms with van der Waals surface area (Å²) in [5.74, 6) is -1.37. The predicted molar refractivity (Wildman–Crippen MR) is 102 cm³/mol. The van der Waals surface area contributed by atoms with Gasteiger partial charge in [0.15, 0.2) is 0 Å². The molecule has 1 atom stereocenters. The van der Waals surface area contributed by atoms with Crippen LogP contribution in [0.25, 0.3) is 0 Å². The number of halogens is 1. The van der Waals surface area contributed by atoms with E-state index in [4.69, 9.17) is 0 Å². The highest BCUT2D eigenvalue weighted by atomic mass is 19.1. The zero-order chi connectivity index (χ0) is 19.7. The normalized spacial score (nSPS) is 22.3. The van der Waals surface area contributed by atoms with Crippen LogP contribution in [0.15, 0.2) is 54.6 Å². The second-order valence-corrected chi connectivity index (χ2v) is 7.33. The van der Waals surface area contributed by atoms with Crippen LogP contribution in [0.1, 0.15) is 24.8 Å². The Kier molecular flexibility index (Phi) is 4.70. The molecule has 6 heteroatoms. The number of carbonyl (C=O) groups excluding carboxylic acids is 2. The molecule has 5 nitrogen and oxygen atoms in total. The van der Waals surface area contributed by atoms with Crippen LogP contribution >= 0.6 is 0 Å². The van der Waals surface area contributed by atoms with Gasteiger partial charge in [-0.3, -0.25) is 14.5 Å². The van der Waals surface area contributed by atoms with Gasteiger partial charge in [-0.05, 0) is 30.5 Å². The van der Waals surface area contributed by atoms with Gasteiger partial charge in [0.2, 0.25) is 5.91 Å². The second kappa shape index (κ2) is 7.17. The van der Waals surface area contributed by atoms with Crippen molar-refractivity contribution in [2.75, 3.05) is 18.0 Å². The Balaban J connectivity index is 1.51. The lowest BCUT2D eigenvalue weighted by Crippen LogP contribution is -2.49. The van der Waals surface area contributed by atoms with Crippen LogP contribution in [-0.2, 0) is 15.0 Å². The Morgan fingerprint density at radius 3 is 2.29 bits per heavy atom. The molecule has 0 unspecified atom stereocenters. The van der Waals surface area contributed by atoms with E-state index in [1.54, 1.807) is 6.07 Å². The first-order valence-corrected chi connectivity index (χ1v) is 9.38. The lowest BCUT2D eigenvalue weighted by Gasteiger charge is -2.39. The summed E-state index contributed by atoms with van der Waals surface area (Å²) >= 11 is 0. The SMILES string of the molecule is N#CC1(c2ccccc2)CCN([C@H]2CC(=O)N(c3ccccc3F)C2=O)CC1. The lowest BCUT2D eigenvalue weighted by atomic mass is 9.74. The topological polar surface area (TPSA) is 64.4 Å². The minimum Gasteiger partial charge on any atom is -0.291 e. The molecular weight excluding hydrogens is 357 g/mol. The molecule has 2 heterocycles. The number of anilines is 1. The highest BCUT2D eigenvalue weighted by Crippen LogP contribution is 2.37.